The van der Waals surface area contributed by atoms with Gasteiger partial charge in [-0.25, -0.2) is 0 Å². The molecule has 0 radical (unpaired) electrons. The molecule has 0 atom stereocenters. The second-order valence-corrected chi connectivity index (χ2v) is 8.16. The molecule has 0 heterocycles. The maximum absolute atomic E-state index is 12.7. The summed E-state index contributed by atoms with van der Waals surface area (Å²) in [4.78, 5) is 12.7. The van der Waals surface area contributed by atoms with Crippen LogP contribution in [0.15, 0.2) is 24.3 Å². The van der Waals surface area contributed by atoms with Crippen LogP contribution in [-0.4, -0.2) is 16.6 Å². The van der Waals surface area contributed by atoms with Crippen molar-refractivity contribution in [1.82, 2.24) is 5.32 Å². The van der Waals surface area contributed by atoms with Gasteiger partial charge in [-0.2, -0.15) is 0 Å². The molecule has 1 aromatic carbocycles. The van der Waals surface area contributed by atoms with Gasteiger partial charge in [-0.3, -0.25) is 4.79 Å². The van der Waals surface area contributed by atoms with Gasteiger partial charge in [0.05, 0.1) is 0 Å². The SMILES string of the molecule is NC(=S)Nc1ccc(C(=O)NC23CC4CC(CC(C4)C2)C3)cc1. The summed E-state index contributed by atoms with van der Waals surface area (Å²) in [6, 6.07) is 7.34. The first kappa shape index (κ1) is 14.9. The van der Waals surface area contributed by atoms with Gasteiger partial charge >= 0.3 is 0 Å². The van der Waals surface area contributed by atoms with Crippen LogP contribution in [-0.2, 0) is 0 Å². The molecule has 4 saturated carbocycles. The van der Waals surface area contributed by atoms with Crippen LogP contribution in [0.5, 0.6) is 0 Å². The van der Waals surface area contributed by atoms with E-state index in [4.69, 9.17) is 18.0 Å². The Labute approximate surface area is 142 Å². The Balaban J connectivity index is 1.46. The van der Waals surface area contributed by atoms with Gasteiger partial charge in [0, 0.05) is 16.8 Å². The standard InChI is InChI=1S/C18H23N3OS/c19-17(23)20-15-3-1-14(2-4-15)16(22)21-18-8-11-5-12(9-18)7-13(6-11)10-18/h1-4,11-13H,5-10H2,(H,21,22)(H3,19,20,23). The highest BCUT2D eigenvalue weighted by molar-refractivity contribution is 7.80. The number of nitrogens with two attached hydrogens (primary N) is 1. The van der Waals surface area contributed by atoms with Crippen LogP contribution in [0, 0.1) is 17.8 Å². The third kappa shape index (κ3) is 2.94. The molecular formula is C18H23N3OS. The van der Waals surface area contributed by atoms with Crippen molar-refractivity contribution in [3.8, 4) is 0 Å². The van der Waals surface area contributed by atoms with E-state index in [-0.39, 0.29) is 16.6 Å². The number of amides is 1. The maximum atomic E-state index is 12.7. The van der Waals surface area contributed by atoms with E-state index in [0.717, 1.165) is 23.4 Å². The van der Waals surface area contributed by atoms with E-state index >= 15 is 0 Å². The molecule has 4 aliphatic rings. The van der Waals surface area contributed by atoms with Crippen LogP contribution in [0.2, 0.25) is 0 Å². The van der Waals surface area contributed by atoms with Crippen LogP contribution < -0.4 is 16.4 Å². The number of anilines is 1. The van der Waals surface area contributed by atoms with E-state index in [1.807, 2.05) is 24.3 Å². The number of rotatable bonds is 3. The zero-order valence-electron chi connectivity index (χ0n) is 13.2. The van der Waals surface area contributed by atoms with Gasteiger partial charge in [0.15, 0.2) is 5.11 Å². The molecule has 1 aromatic rings. The van der Waals surface area contributed by atoms with E-state index in [1.54, 1.807) is 0 Å². The third-order valence-electron chi connectivity index (χ3n) is 5.83. The van der Waals surface area contributed by atoms with Gasteiger partial charge in [-0.1, -0.05) is 0 Å². The Morgan fingerprint density at radius 1 is 1.04 bits per heavy atom. The molecule has 0 aliphatic heterocycles. The lowest BCUT2D eigenvalue weighted by atomic mass is 9.53. The smallest absolute Gasteiger partial charge is 0.251 e. The van der Waals surface area contributed by atoms with Crippen molar-refractivity contribution in [2.45, 2.75) is 44.1 Å². The first-order chi connectivity index (χ1) is 11.0. The Hall–Kier alpha value is -1.62. The number of carbonyl (C=O) groups is 1. The van der Waals surface area contributed by atoms with E-state index in [9.17, 15) is 4.79 Å². The summed E-state index contributed by atoms with van der Waals surface area (Å²) >= 11 is 4.82. The molecule has 0 saturated heterocycles. The lowest BCUT2D eigenvalue weighted by molar-refractivity contribution is -0.0167. The summed E-state index contributed by atoms with van der Waals surface area (Å²) in [5.41, 5.74) is 7.03. The molecule has 4 nitrogen and oxygen atoms in total. The number of hydrogen-bond donors (Lipinski definition) is 3. The summed E-state index contributed by atoms with van der Waals surface area (Å²) in [6.45, 7) is 0. The number of benzene rings is 1. The Morgan fingerprint density at radius 3 is 2.04 bits per heavy atom. The Morgan fingerprint density at radius 2 is 1.57 bits per heavy atom. The monoisotopic (exact) mass is 329 g/mol. The average molecular weight is 329 g/mol. The predicted molar refractivity (Wildman–Crippen MR) is 95.2 cm³/mol. The quantitative estimate of drug-likeness (QED) is 0.746. The van der Waals surface area contributed by atoms with Gasteiger partial charge in [0.2, 0.25) is 0 Å². The van der Waals surface area contributed by atoms with Gasteiger partial charge in [0.1, 0.15) is 0 Å². The molecule has 23 heavy (non-hydrogen) atoms. The van der Waals surface area contributed by atoms with Gasteiger partial charge in [-0.15, -0.1) is 0 Å². The lowest BCUT2D eigenvalue weighted by Gasteiger charge is -2.56. The summed E-state index contributed by atoms with van der Waals surface area (Å²) < 4.78 is 0. The molecule has 4 aliphatic carbocycles. The first-order valence-electron chi connectivity index (χ1n) is 8.50. The van der Waals surface area contributed by atoms with Crippen LogP contribution in [0.1, 0.15) is 48.9 Å². The van der Waals surface area contributed by atoms with Crippen molar-refractivity contribution >= 4 is 28.9 Å². The molecule has 4 bridgehead atoms. The lowest BCUT2D eigenvalue weighted by Crippen LogP contribution is -2.59. The van der Waals surface area contributed by atoms with Crippen LogP contribution >= 0.6 is 12.2 Å². The maximum Gasteiger partial charge on any atom is 0.251 e. The highest BCUT2D eigenvalue weighted by atomic mass is 32.1. The van der Waals surface area contributed by atoms with Gasteiger partial charge in [-0.05, 0) is 92.8 Å². The predicted octanol–water partition coefficient (Wildman–Crippen LogP) is 3.04. The minimum atomic E-state index is 0.0498. The highest BCUT2D eigenvalue weighted by Crippen LogP contribution is 2.55. The second-order valence-electron chi connectivity index (χ2n) is 7.72. The minimum absolute atomic E-state index is 0.0498. The molecule has 0 spiro atoms. The highest BCUT2D eigenvalue weighted by Gasteiger charge is 2.51. The number of thiocarbonyl (C=S) groups is 1. The molecule has 4 N–H and O–H groups in total. The largest absolute Gasteiger partial charge is 0.376 e. The molecule has 4 fully saturated rings. The van der Waals surface area contributed by atoms with Crippen LogP contribution in [0.25, 0.3) is 0 Å². The molecule has 122 valence electrons. The van der Waals surface area contributed by atoms with Crippen molar-refractivity contribution in [3.63, 3.8) is 0 Å². The van der Waals surface area contributed by atoms with Gasteiger partial charge < -0.3 is 16.4 Å². The molecule has 1 amide bonds. The Kier molecular flexibility index (Phi) is 3.56. The van der Waals surface area contributed by atoms with E-state index in [0.29, 0.717) is 5.56 Å². The molecule has 5 heteroatoms. The van der Waals surface area contributed by atoms with Crippen molar-refractivity contribution in [1.29, 1.82) is 0 Å². The van der Waals surface area contributed by atoms with E-state index in [2.05, 4.69) is 10.6 Å². The van der Waals surface area contributed by atoms with Crippen LogP contribution in [0.4, 0.5) is 5.69 Å². The third-order valence-corrected chi connectivity index (χ3v) is 5.93. The van der Waals surface area contributed by atoms with Crippen LogP contribution in [0.3, 0.4) is 0 Å². The zero-order chi connectivity index (χ0) is 16.0. The summed E-state index contributed by atoms with van der Waals surface area (Å²) in [5.74, 6) is 2.55. The van der Waals surface area contributed by atoms with Crippen molar-refractivity contribution in [3.05, 3.63) is 29.8 Å². The number of hydrogen-bond acceptors (Lipinski definition) is 2. The minimum Gasteiger partial charge on any atom is -0.376 e. The fourth-order valence-electron chi connectivity index (χ4n) is 5.42. The van der Waals surface area contributed by atoms with Crippen molar-refractivity contribution in [2.24, 2.45) is 23.5 Å². The van der Waals surface area contributed by atoms with E-state index in [1.165, 1.54) is 38.5 Å². The average Bonchev–Trinajstić information content (AvgIpc) is 2.45. The number of carbonyl (C=O) groups excluding carboxylic acids is 1. The summed E-state index contributed by atoms with van der Waals surface area (Å²) in [6.07, 6.45) is 7.67. The number of nitrogens with one attached hydrogen (secondary N) is 2. The normalized spacial score (nSPS) is 34.2. The second kappa shape index (κ2) is 5.48. The molecular weight excluding hydrogens is 306 g/mol. The summed E-state index contributed by atoms with van der Waals surface area (Å²) in [5, 5.41) is 6.50. The van der Waals surface area contributed by atoms with Crippen molar-refractivity contribution < 1.29 is 4.79 Å². The Bertz CT molecular complexity index is 605. The molecule has 5 rings (SSSR count). The van der Waals surface area contributed by atoms with E-state index < -0.39 is 0 Å². The fraction of sp³-hybridized carbons (Fsp3) is 0.556. The topological polar surface area (TPSA) is 67.1 Å². The van der Waals surface area contributed by atoms with Crippen molar-refractivity contribution in [2.75, 3.05) is 5.32 Å². The zero-order valence-corrected chi connectivity index (χ0v) is 14.0. The first-order valence-corrected chi connectivity index (χ1v) is 8.91. The molecule has 0 unspecified atom stereocenters. The fourth-order valence-corrected chi connectivity index (χ4v) is 5.54. The summed E-state index contributed by atoms with van der Waals surface area (Å²) in [7, 11) is 0. The van der Waals surface area contributed by atoms with Gasteiger partial charge in [0.25, 0.3) is 5.91 Å². The molecule has 0 aromatic heterocycles.